The number of piperidine rings is 1. The molecule has 0 spiro atoms. The molecule has 3 aliphatic heterocycles. The second kappa shape index (κ2) is 9.63. The Labute approximate surface area is 206 Å². The van der Waals surface area contributed by atoms with E-state index in [1.165, 1.54) is 18.4 Å². The molecule has 2 N–H and O–H groups in total. The van der Waals surface area contributed by atoms with Gasteiger partial charge in [-0.2, -0.15) is 0 Å². The minimum Gasteiger partial charge on any atom is -0.497 e. The average molecular weight is 475 g/mol. The third-order valence-corrected chi connectivity index (χ3v) is 7.87. The maximum absolute atomic E-state index is 12.5. The monoisotopic (exact) mass is 474 g/mol. The maximum atomic E-state index is 12.5. The van der Waals surface area contributed by atoms with E-state index in [9.17, 15) is 4.79 Å². The first-order valence-corrected chi connectivity index (χ1v) is 12.9. The lowest BCUT2D eigenvalue weighted by Crippen LogP contribution is -2.41. The predicted molar refractivity (Wildman–Crippen MR) is 136 cm³/mol. The Hall–Kier alpha value is -2.90. The number of carbonyl (C=O) groups is 1. The SMILES string of the molecule is COc1ccc2c(c1)N=C(c1ccc(OCCNC3CC3)cc1)CC2N1CC2CCNC(=O)C2C1. The summed E-state index contributed by atoms with van der Waals surface area (Å²) in [5, 5.41) is 6.53. The summed E-state index contributed by atoms with van der Waals surface area (Å²) in [7, 11) is 1.69. The minimum atomic E-state index is 0.0959. The standard InChI is InChI=1S/C28H34N4O3/c1-34-22-8-9-23-26(14-22)31-25(15-27(23)32-16-19-10-11-30-28(33)24(19)17-32)18-2-6-21(7-3-18)35-13-12-29-20-4-5-20/h2-3,6-9,14,19-20,24,27,29H,4-5,10-13,15-17H2,1H3,(H,30,33). The fourth-order valence-electron chi connectivity index (χ4n) is 5.74. The van der Waals surface area contributed by atoms with E-state index >= 15 is 0 Å². The fourth-order valence-corrected chi connectivity index (χ4v) is 5.74. The van der Waals surface area contributed by atoms with Gasteiger partial charge in [-0.25, -0.2) is 0 Å². The van der Waals surface area contributed by atoms with Crippen LogP contribution in [0.15, 0.2) is 47.5 Å². The normalized spacial score (nSPS) is 25.9. The van der Waals surface area contributed by atoms with Crippen LogP contribution in [-0.4, -0.2) is 62.5 Å². The van der Waals surface area contributed by atoms with Gasteiger partial charge >= 0.3 is 0 Å². The maximum Gasteiger partial charge on any atom is 0.224 e. The van der Waals surface area contributed by atoms with Crippen molar-refractivity contribution >= 4 is 17.3 Å². The summed E-state index contributed by atoms with van der Waals surface area (Å²) >= 11 is 0. The van der Waals surface area contributed by atoms with Crippen LogP contribution in [0.4, 0.5) is 5.69 Å². The van der Waals surface area contributed by atoms with E-state index in [-0.39, 0.29) is 17.9 Å². The van der Waals surface area contributed by atoms with Gasteiger partial charge in [-0.3, -0.25) is 14.7 Å². The van der Waals surface area contributed by atoms with Gasteiger partial charge < -0.3 is 20.1 Å². The van der Waals surface area contributed by atoms with Crippen molar-refractivity contribution in [1.29, 1.82) is 0 Å². The van der Waals surface area contributed by atoms with Crippen molar-refractivity contribution in [3.05, 3.63) is 53.6 Å². The van der Waals surface area contributed by atoms with E-state index in [0.29, 0.717) is 18.6 Å². The van der Waals surface area contributed by atoms with Crippen molar-refractivity contribution in [3.63, 3.8) is 0 Å². The zero-order valence-corrected chi connectivity index (χ0v) is 20.3. The lowest BCUT2D eigenvalue weighted by atomic mass is 9.89. The molecule has 35 heavy (non-hydrogen) atoms. The van der Waals surface area contributed by atoms with E-state index in [0.717, 1.165) is 67.5 Å². The highest BCUT2D eigenvalue weighted by Crippen LogP contribution is 2.43. The van der Waals surface area contributed by atoms with Crippen LogP contribution in [0.1, 0.15) is 42.9 Å². The van der Waals surface area contributed by atoms with Crippen molar-refractivity contribution in [2.75, 3.05) is 39.9 Å². The topological polar surface area (TPSA) is 75.2 Å². The molecule has 7 heteroatoms. The van der Waals surface area contributed by atoms with Gasteiger partial charge in [0, 0.05) is 50.7 Å². The minimum absolute atomic E-state index is 0.0959. The number of methoxy groups -OCH3 is 1. The van der Waals surface area contributed by atoms with Crippen LogP contribution in [0.2, 0.25) is 0 Å². The molecule has 3 fully saturated rings. The highest BCUT2D eigenvalue weighted by Gasteiger charge is 2.43. The van der Waals surface area contributed by atoms with Crippen molar-refractivity contribution in [3.8, 4) is 11.5 Å². The van der Waals surface area contributed by atoms with Crippen LogP contribution >= 0.6 is 0 Å². The van der Waals surface area contributed by atoms with Crippen LogP contribution in [-0.2, 0) is 4.79 Å². The number of amides is 1. The van der Waals surface area contributed by atoms with E-state index in [1.807, 2.05) is 24.3 Å². The molecule has 184 valence electrons. The Morgan fingerprint density at radius 3 is 2.69 bits per heavy atom. The number of likely N-dealkylation sites (tertiary alicyclic amines) is 1. The first kappa shape index (κ1) is 22.6. The summed E-state index contributed by atoms with van der Waals surface area (Å²) in [6, 6.07) is 15.4. The van der Waals surface area contributed by atoms with Crippen LogP contribution in [0.5, 0.6) is 11.5 Å². The van der Waals surface area contributed by atoms with E-state index < -0.39 is 0 Å². The van der Waals surface area contributed by atoms with Gasteiger partial charge in [-0.05, 0) is 66.6 Å². The van der Waals surface area contributed by atoms with Crippen LogP contribution in [0, 0.1) is 11.8 Å². The predicted octanol–water partition coefficient (Wildman–Crippen LogP) is 3.46. The van der Waals surface area contributed by atoms with Crippen LogP contribution < -0.4 is 20.1 Å². The molecular weight excluding hydrogens is 440 g/mol. The number of hydrogen-bond donors (Lipinski definition) is 2. The fraction of sp³-hybridized carbons (Fsp3) is 0.500. The number of aliphatic imine (C=N–C) groups is 1. The molecular formula is C28H34N4O3. The first-order chi connectivity index (χ1) is 17.2. The molecule has 3 unspecified atom stereocenters. The number of hydrogen-bond acceptors (Lipinski definition) is 6. The van der Waals surface area contributed by atoms with E-state index in [2.05, 4.69) is 33.7 Å². The smallest absolute Gasteiger partial charge is 0.224 e. The molecule has 4 aliphatic rings. The number of nitrogens with zero attached hydrogens (tertiary/aromatic N) is 2. The summed E-state index contributed by atoms with van der Waals surface area (Å²) in [5.74, 6) is 2.45. The zero-order valence-electron chi connectivity index (χ0n) is 20.3. The molecule has 0 bridgehead atoms. The molecule has 3 heterocycles. The Morgan fingerprint density at radius 2 is 1.91 bits per heavy atom. The van der Waals surface area contributed by atoms with Crippen molar-refractivity contribution in [2.24, 2.45) is 16.8 Å². The third kappa shape index (κ3) is 4.80. The number of carbonyl (C=O) groups excluding carboxylic acids is 1. The quantitative estimate of drug-likeness (QED) is 0.573. The van der Waals surface area contributed by atoms with Crippen molar-refractivity contribution in [2.45, 2.75) is 37.8 Å². The molecule has 0 radical (unpaired) electrons. The first-order valence-electron chi connectivity index (χ1n) is 12.9. The number of ether oxygens (including phenoxy) is 2. The second-order valence-electron chi connectivity index (χ2n) is 10.2. The number of fused-ring (bicyclic) bond motifs is 2. The number of nitrogens with one attached hydrogen (secondary N) is 2. The Balaban J connectivity index is 1.22. The molecule has 6 rings (SSSR count). The Morgan fingerprint density at radius 1 is 1.09 bits per heavy atom. The average Bonchev–Trinajstić information content (AvgIpc) is 3.61. The molecule has 3 atom stereocenters. The summed E-state index contributed by atoms with van der Waals surface area (Å²) in [5.41, 5.74) is 4.36. The van der Waals surface area contributed by atoms with Gasteiger partial charge in [0.15, 0.2) is 0 Å². The lowest BCUT2D eigenvalue weighted by Gasteiger charge is -2.33. The molecule has 1 aliphatic carbocycles. The van der Waals surface area contributed by atoms with Gasteiger partial charge in [0.05, 0.1) is 24.4 Å². The van der Waals surface area contributed by atoms with Gasteiger partial charge in [0.2, 0.25) is 5.91 Å². The van der Waals surface area contributed by atoms with Crippen LogP contribution in [0.25, 0.3) is 0 Å². The molecule has 1 amide bonds. The molecule has 2 saturated heterocycles. The van der Waals surface area contributed by atoms with Crippen molar-refractivity contribution in [1.82, 2.24) is 15.5 Å². The molecule has 1 saturated carbocycles. The van der Waals surface area contributed by atoms with Crippen LogP contribution in [0.3, 0.4) is 0 Å². The summed E-state index contributed by atoms with van der Waals surface area (Å²) in [6.45, 7) is 4.13. The molecule has 2 aromatic rings. The molecule has 7 nitrogen and oxygen atoms in total. The number of rotatable bonds is 8. The molecule has 2 aromatic carbocycles. The summed E-state index contributed by atoms with van der Waals surface area (Å²) in [4.78, 5) is 20.1. The second-order valence-corrected chi connectivity index (χ2v) is 10.2. The highest BCUT2D eigenvalue weighted by molar-refractivity contribution is 6.04. The molecule has 0 aromatic heterocycles. The third-order valence-electron chi connectivity index (χ3n) is 7.87. The Bertz CT molecular complexity index is 1110. The van der Waals surface area contributed by atoms with E-state index in [4.69, 9.17) is 14.5 Å². The zero-order chi connectivity index (χ0) is 23.8. The highest BCUT2D eigenvalue weighted by atomic mass is 16.5. The van der Waals surface area contributed by atoms with Gasteiger partial charge in [-0.1, -0.05) is 6.07 Å². The summed E-state index contributed by atoms with van der Waals surface area (Å²) in [6.07, 6.45) is 4.47. The van der Waals surface area contributed by atoms with Gasteiger partial charge in [0.1, 0.15) is 18.1 Å². The Kier molecular flexibility index (Phi) is 6.20. The summed E-state index contributed by atoms with van der Waals surface area (Å²) < 4.78 is 11.4. The lowest BCUT2D eigenvalue weighted by molar-refractivity contribution is -0.127. The van der Waals surface area contributed by atoms with Crippen molar-refractivity contribution < 1.29 is 14.3 Å². The largest absolute Gasteiger partial charge is 0.497 e. The number of benzene rings is 2. The van der Waals surface area contributed by atoms with Gasteiger partial charge in [0.25, 0.3) is 0 Å². The van der Waals surface area contributed by atoms with Gasteiger partial charge in [-0.15, -0.1) is 0 Å². The van der Waals surface area contributed by atoms with E-state index in [1.54, 1.807) is 7.11 Å².